The summed E-state index contributed by atoms with van der Waals surface area (Å²) in [6.07, 6.45) is 0. The topological polar surface area (TPSA) is 17.1 Å². The van der Waals surface area contributed by atoms with E-state index in [1.165, 1.54) is 0 Å². The molecule has 2 aromatic carbocycles. The molecule has 2 aromatic rings. The van der Waals surface area contributed by atoms with Gasteiger partial charge in [-0.3, -0.25) is 4.57 Å². The quantitative estimate of drug-likeness (QED) is 0.690. The highest BCUT2D eigenvalue weighted by Crippen LogP contribution is 2.56. The molecule has 0 bridgehead atoms. The molecule has 72 valence electrons. The SMILES string of the molecule is O=P(Cl)(Cl)c1cccc2ccccc12. The first-order valence-electron chi connectivity index (χ1n) is 4.07. The third-order valence-corrected chi connectivity index (χ3v) is 4.09. The fraction of sp³-hybridized carbons (Fsp3) is 0. The molecule has 0 radical (unpaired) electrons. The summed E-state index contributed by atoms with van der Waals surface area (Å²) in [5, 5.41) is 2.36. The molecule has 0 unspecified atom stereocenters. The van der Waals surface area contributed by atoms with Gasteiger partial charge in [-0.1, -0.05) is 36.4 Å². The van der Waals surface area contributed by atoms with Gasteiger partial charge in [-0.05, 0) is 39.3 Å². The van der Waals surface area contributed by atoms with Gasteiger partial charge in [0.1, 0.15) is 0 Å². The van der Waals surface area contributed by atoms with Gasteiger partial charge in [0.2, 0.25) is 0 Å². The summed E-state index contributed by atoms with van der Waals surface area (Å²) in [4.78, 5) is 0. The Kier molecular flexibility index (Phi) is 2.57. The summed E-state index contributed by atoms with van der Waals surface area (Å²) in [5.41, 5.74) is 0. The Bertz CT molecular complexity index is 513. The summed E-state index contributed by atoms with van der Waals surface area (Å²) in [6, 6.07) is 13.0. The largest absolute Gasteiger partial charge is 0.284 e. The van der Waals surface area contributed by atoms with E-state index in [0.29, 0.717) is 5.30 Å². The zero-order valence-corrected chi connectivity index (χ0v) is 9.56. The molecule has 0 spiro atoms. The minimum Gasteiger partial charge on any atom is -0.284 e. The van der Waals surface area contributed by atoms with Crippen molar-refractivity contribution < 1.29 is 4.57 Å². The van der Waals surface area contributed by atoms with Crippen LogP contribution < -0.4 is 5.30 Å². The first-order valence-corrected chi connectivity index (χ1v) is 7.58. The van der Waals surface area contributed by atoms with Gasteiger partial charge >= 0.3 is 0 Å². The molecule has 2 rings (SSSR count). The molecule has 0 heterocycles. The highest BCUT2D eigenvalue weighted by Gasteiger charge is 2.19. The molecule has 0 saturated carbocycles. The van der Waals surface area contributed by atoms with E-state index in [9.17, 15) is 4.57 Å². The monoisotopic (exact) mass is 244 g/mol. The lowest BCUT2D eigenvalue weighted by atomic mass is 10.1. The number of hydrogen-bond donors (Lipinski definition) is 0. The summed E-state index contributed by atoms with van der Waals surface area (Å²) in [5.74, 6) is -3.22. The zero-order chi connectivity index (χ0) is 10.2. The maximum Gasteiger partial charge on any atom is 0.282 e. The Morgan fingerprint density at radius 2 is 1.57 bits per heavy atom. The maximum absolute atomic E-state index is 11.6. The van der Waals surface area contributed by atoms with Gasteiger partial charge in [-0.15, -0.1) is 0 Å². The second-order valence-electron chi connectivity index (χ2n) is 2.96. The highest BCUT2D eigenvalue weighted by atomic mass is 35.9. The number of benzene rings is 2. The van der Waals surface area contributed by atoms with Crippen LogP contribution in [0.15, 0.2) is 42.5 Å². The molecule has 1 nitrogen and oxygen atoms in total. The summed E-state index contributed by atoms with van der Waals surface area (Å²) in [6.45, 7) is 0. The van der Waals surface area contributed by atoms with Gasteiger partial charge in [0, 0.05) is 5.30 Å². The molecular weight excluding hydrogens is 238 g/mol. The van der Waals surface area contributed by atoms with Gasteiger partial charge in [0.25, 0.3) is 5.85 Å². The van der Waals surface area contributed by atoms with Crippen LogP contribution in [0.2, 0.25) is 0 Å². The molecule has 4 heteroatoms. The molecular formula is C10H7Cl2OP. The van der Waals surface area contributed by atoms with Gasteiger partial charge in [-0.2, -0.15) is 0 Å². The zero-order valence-electron chi connectivity index (χ0n) is 7.15. The van der Waals surface area contributed by atoms with Gasteiger partial charge in [0.15, 0.2) is 0 Å². The molecule has 0 aromatic heterocycles. The second kappa shape index (κ2) is 3.58. The third kappa shape index (κ3) is 1.81. The predicted molar refractivity (Wildman–Crippen MR) is 62.9 cm³/mol. The van der Waals surface area contributed by atoms with Crippen molar-refractivity contribution in [3.05, 3.63) is 42.5 Å². The van der Waals surface area contributed by atoms with E-state index in [-0.39, 0.29) is 0 Å². The standard InChI is InChI=1S/C10H7Cl2OP/c11-14(12,13)10-7-3-5-8-4-1-2-6-9(8)10/h1-7H. The van der Waals surface area contributed by atoms with E-state index < -0.39 is 5.85 Å². The van der Waals surface area contributed by atoms with Crippen LogP contribution in [-0.4, -0.2) is 0 Å². The first kappa shape index (κ1) is 10.0. The fourth-order valence-electron chi connectivity index (χ4n) is 1.44. The fourth-order valence-corrected chi connectivity index (χ4v) is 3.06. The van der Waals surface area contributed by atoms with Gasteiger partial charge in [-0.25, -0.2) is 0 Å². The van der Waals surface area contributed by atoms with Crippen LogP contribution in [-0.2, 0) is 4.57 Å². The maximum atomic E-state index is 11.6. The molecule has 0 saturated heterocycles. The first-order chi connectivity index (χ1) is 6.59. The van der Waals surface area contributed by atoms with E-state index in [4.69, 9.17) is 22.5 Å². The molecule has 0 aliphatic carbocycles. The molecule has 0 fully saturated rings. The van der Waals surface area contributed by atoms with E-state index >= 15 is 0 Å². The lowest BCUT2D eigenvalue weighted by molar-refractivity contribution is 0.597. The summed E-state index contributed by atoms with van der Waals surface area (Å²) < 4.78 is 11.6. The van der Waals surface area contributed by atoms with Crippen LogP contribution in [0.1, 0.15) is 0 Å². The van der Waals surface area contributed by atoms with Crippen molar-refractivity contribution >= 4 is 44.4 Å². The van der Waals surface area contributed by atoms with Crippen molar-refractivity contribution in [1.82, 2.24) is 0 Å². The molecule has 14 heavy (non-hydrogen) atoms. The summed E-state index contributed by atoms with van der Waals surface area (Å²) in [7, 11) is 0. The lowest BCUT2D eigenvalue weighted by Crippen LogP contribution is -1.98. The van der Waals surface area contributed by atoms with Crippen molar-refractivity contribution in [2.45, 2.75) is 0 Å². The van der Waals surface area contributed by atoms with Gasteiger partial charge < -0.3 is 0 Å². The van der Waals surface area contributed by atoms with Crippen LogP contribution in [0.5, 0.6) is 0 Å². The Morgan fingerprint density at radius 3 is 2.29 bits per heavy atom. The minimum atomic E-state index is -3.22. The molecule has 0 atom stereocenters. The van der Waals surface area contributed by atoms with E-state index in [1.54, 1.807) is 12.1 Å². The normalized spacial score (nSPS) is 11.9. The Hall–Kier alpha value is -0.490. The third-order valence-electron chi connectivity index (χ3n) is 2.05. The van der Waals surface area contributed by atoms with E-state index in [2.05, 4.69) is 0 Å². The van der Waals surface area contributed by atoms with E-state index in [0.717, 1.165) is 10.8 Å². The average Bonchev–Trinajstić information content (AvgIpc) is 2.15. The number of halogens is 2. The minimum absolute atomic E-state index is 0.513. The Morgan fingerprint density at radius 1 is 0.929 bits per heavy atom. The van der Waals surface area contributed by atoms with Gasteiger partial charge in [0.05, 0.1) is 0 Å². The molecule has 0 aliphatic rings. The van der Waals surface area contributed by atoms with Crippen LogP contribution in [0.3, 0.4) is 0 Å². The smallest absolute Gasteiger partial charge is 0.282 e. The Labute approximate surface area is 91.6 Å². The number of fused-ring (bicyclic) bond motifs is 1. The predicted octanol–water partition coefficient (Wildman–Crippen LogP) is 4.14. The number of rotatable bonds is 1. The van der Waals surface area contributed by atoms with Crippen molar-refractivity contribution in [1.29, 1.82) is 0 Å². The lowest BCUT2D eigenvalue weighted by Gasteiger charge is -2.06. The van der Waals surface area contributed by atoms with E-state index in [1.807, 2.05) is 30.3 Å². The average molecular weight is 245 g/mol. The van der Waals surface area contributed by atoms with Crippen molar-refractivity contribution in [2.24, 2.45) is 0 Å². The molecule has 0 amide bonds. The summed E-state index contributed by atoms with van der Waals surface area (Å²) >= 11 is 11.3. The van der Waals surface area contributed by atoms with Crippen LogP contribution in [0, 0.1) is 0 Å². The van der Waals surface area contributed by atoms with Crippen molar-refractivity contribution in [3.63, 3.8) is 0 Å². The van der Waals surface area contributed by atoms with Crippen LogP contribution >= 0.6 is 28.3 Å². The van der Waals surface area contributed by atoms with Crippen molar-refractivity contribution in [2.75, 3.05) is 0 Å². The molecule has 0 aliphatic heterocycles. The Balaban J connectivity index is 2.85. The van der Waals surface area contributed by atoms with Crippen molar-refractivity contribution in [3.8, 4) is 0 Å². The van der Waals surface area contributed by atoms with Crippen LogP contribution in [0.25, 0.3) is 10.8 Å². The molecule has 0 N–H and O–H groups in total. The number of hydrogen-bond acceptors (Lipinski definition) is 1. The second-order valence-corrected chi connectivity index (χ2v) is 7.74. The highest BCUT2D eigenvalue weighted by molar-refractivity contribution is 8.13. The van der Waals surface area contributed by atoms with Crippen LogP contribution in [0.4, 0.5) is 0 Å².